The molecular formula is C26H32BrCl2N5O7. The van der Waals surface area contributed by atoms with Gasteiger partial charge in [0.15, 0.2) is 12.2 Å². The van der Waals surface area contributed by atoms with Crippen molar-refractivity contribution < 1.29 is 33.4 Å². The molecule has 0 radical (unpaired) electrons. The molecule has 0 aliphatic heterocycles. The highest BCUT2D eigenvalue weighted by molar-refractivity contribution is 9.10. The lowest BCUT2D eigenvalue weighted by molar-refractivity contribution is -0.126. The molecule has 0 aromatic heterocycles. The van der Waals surface area contributed by atoms with Gasteiger partial charge in [0.05, 0.1) is 16.1 Å². The van der Waals surface area contributed by atoms with Crippen molar-refractivity contribution >= 4 is 63.1 Å². The minimum Gasteiger partial charge on any atom is -0.481 e. The molecule has 1 aromatic carbocycles. The smallest absolute Gasteiger partial charge is 0.407 e. The number of carbonyl (C=O) groups excluding carboxylic acids is 4. The topological polar surface area (TPSA) is 182 Å². The lowest BCUT2D eigenvalue weighted by Crippen LogP contribution is -2.52. The largest absolute Gasteiger partial charge is 0.481 e. The van der Waals surface area contributed by atoms with Crippen molar-refractivity contribution in [3.05, 3.63) is 39.9 Å². The molecule has 0 bridgehead atoms. The molecule has 1 aromatic rings. The van der Waals surface area contributed by atoms with Gasteiger partial charge in [-0.3, -0.25) is 9.59 Å². The van der Waals surface area contributed by atoms with Gasteiger partial charge in [0.2, 0.25) is 11.8 Å². The fourth-order valence-electron chi connectivity index (χ4n) is 3.85. The molecule has 0 unspecified atom stereocenters. The van der Waals surface area contributed by atoms with Gasteiger partial charge in [-0.15, -0.1) is 23.2 Å². The van der Waals surface area contributed by atoms with Crippen LogP contribution in [0.5, 0.6) is 5.75 Å². The van der Waals surface area contributed by atoms with Crippen molar-refractivity contribution in [2.75, 3.05) is 24.8 Å². The van der Waals surface area contributed by atoms with Crippen LogP contribution in [0.2, 0.25) is 0 Å². The van der Waals surface area contributed by atoms with Gasteiger partial charge < -0.3 is 35.9 Å². The van der Waals surface area contributed by atoms with Gasteiger partial charge in [0.25, 0.3) is 0 Å². The fraction of sp³-hybridized carbons (Fsp3) is 0.500. The summed E-state index contributed by atoms with van der Waals surface area (Å²) in [5.41, 5.74) is 5.96. The van der Waals surface area contributed by atoms with Crippen LogP contribution in [0, 0.1) is 17.2 Å². The molecule has 41 heavy (non-hydrogen) atoms. The van der Waals surface area contributed by atoms with Crippen molar-refractivity contribution in [2.24, 2.45) is 11.7 Å². The number of halogens is 3. The second-order valence-electron chi connectivity index (χ2n) is 9.34. The molecule has 1 aliphatic rings. The number of alkyl halides is 2. The van der Waals surface area contributed by atoms with Crippen LogP contribution < -0.4 is 26.4 Å². The first kappa shape index (κ1) is 34.0. The maximum absolute atomic E-state index is 13.3. The number of nitrogens with two attached hydrogens (primary N) is 1. The minimum atomic E-state index is -1.23. The first-order valence-corrected chi connectivity index (χ1v) is 14.5. The maximum atomic E-state index is 13.3. The summed E-state index contributed by atoms with van der Waals surface area (Å²) < 4.78 is 17.7. The SMILES string of the molecule is CC(C)C[C@@H](NC(=O)C1=C[C@@H](Oc2ccc(C#N)cc2Br)[C@H](OC(=O)NCCCl)[C@H](OC(=O)NCCCl)C1)C(N)=O. The van der Waals surface area contributed by atoms with E-state index in [4.69, 9.17) is 43.1 Å². The van der Waals surface area contributed by atoms with E-state index in [2.05, 4.69) is 31.9 Å². The average molecular weight is 677 g/mol. The Hall–Kier alpha value is -3.21. The van der Waals surface area contributed by atoms with Crippen LogP contribution in [-0.2, 0) is 19.1 Å². The number of ether oxygens (including phenoxy) is 3. The van der Waals surface area contributed by atoms with Gasteiger partial charge in [0, 0.05) is 36.8 Å². The molecule has 0 spiro atoms. The van der Waals surface area contributed by atoms with E-state index in [1.165, 1.54) is 24.3 Å². The third kappa shape index (κ3) is 10.9. The van der Waals surface area contributed by atoms with Crippen LogP contribution in [0.4, 0.5) is 9.59 Å². The number of hydrogen-bond acceptors (Lipinski definition) is 8. The van der Waals surface area contributed by atoms with Crippen molar-refractivity contribution in [2.45, 2.75) is 51.0 Å². The molecule has 12 nitrogen and oxygen atoms in total. The number of nitriles is 1. The van der Waals surface area contributed by atoms with Crippen molar-refractivity contribution in [3.63, 3.8) is 0 Å². The Labute approximate surface area is 256 Å². The van der Waals surface area contributed by atoms with Gasteiger partial charge in [0.1, 0.15) is 17.9 Å². The number of carbonyl (C=O) groups is 4. The van der Waals surface area contributed by atoms with E-state index >= 15 is 0 Å². The van der Waals surface area contributed by atoms with E-state index in [0.29, 0.717) is 16.5 Å². The van der Waals surface area contributed by atoms with Crippen LogP contribution in [0.15, 0.2) is 34.3 Å². The van der Waals surface area contributed by atoms with Gasteiger partial charge in [-0.1, -0.05) is 13.8 Å². The highest BCUT2D eigenvalue weighted by atomic mass is 79.9. The zero-order valence-corrected chi connectivity index (χ0v) is 25.6. The summed E-state index contributed by atoms with van der Waals surface area (Å²) >= 11 is 14.7. The first-order chi connectivity index (χ1) is 19.5. The van der Waals surface area contributed by atoms with E-state index in [9.17, 15) is 24.4 Å². The quantitative estimate of drug-likeness (QED) is 0.230. The van der Waals surface area contributed by atoms with Gasteiger partial charge in [-0.2, -0.15) is 5.26 Å². The normalized spacial score (nSPS) is 18.8. The molecule has 15 heteroatoms. The Balaban J connectivity index is 2.50. The highest BCUT2D eigenvalue weighted by Crippen LogP contribution is 2.32. The Morgan fingerprint density at radius 1 is 1.12 bits per heavy atom. The van der Waals surface area contributed by atoms with Crippen molar-refractivity contribution in [3.8, 4) is 11.8 Å². The molecule has 5 N–H and O–H groups in total. The number of primary amides is 1. The zero-order chi connectivity index (χ0) is 30.5. The van der Waals surface area contributed by atoms with Crippen molar-refractivity contribution in [1.82, 2.24) is 16.0 Å². The van der Waals surface area contributed by atoms with Crippen LogP contribution in [0.25, 0.3) is 0 Å². The summed E-state index contributed by atoms with van der Waals surface area (Å²) in [5, 5.41) is 16.8. The summed E-state index contributed by atoms with van der Waals surface area (Å²) in [6, 6.07) is 5.62. The fourth-order valence-corrected chi connectivity index (χ4v) is 4.51. The summed E-state index contributed by atoms with van der Waals surface area (Å²) in [5.74, 6) is -0.785. The summed E-state index contributed by atoms with van der Waals surface area (Å²) in [6.45, 7) is 3.96. The predicted octanol–water partition coefficient (Wildman–Crippen LogP) is 3.08. The number of benzene rings is 1. The molecular weight excluding hydrogens is 645 g/mol. The molecule has 1 aliphatic carbocycles. The van der Waals surface area contributed by atoms with Crippen LogP contribution in [-0.4, -0.2) is 73.2 Å². The molecule has 0 fully saturated rings. The van der Waals surface area contributed by atoms with Gasteiger partial charge in [-0.25, -0.2) is 9.59 Å². The van der Waals surface area contributed by atoms with E-state index < -0.39 is 48.4 Å². The summed E-state index contributed by atoms with van der Waals surface area (Å²) in [7, 11) is 0. The Morgan fingerprint density at radius 2 is 1.76 bits per heavy atom. The van der Waals surface area contributed by atoms with E-state index in [0.717, 1.165) is 0 Å². The van der Waals surface area contributed by atoms with Crippen LogP contribution >= 0.6 is 39.1 Å². The minimum absolute atomic E-state index is 0.0592. The number of alkyl carbamates (subject to hydrolysis) is 2. The lowest BCUT2D eigenvalue weighted by atomic mass is 9.90. The van der Waals surface area contributed by atoms with E-state index in [1.807, 2.05) is 19.9 Å². The molecule has 0 saturated heterocycles. The average Bonchev–Trinajstić information content (AvgIpc) is 2.92. The van der Waals surface area contributed by atoms with Gasteiger partial charge >= 0.3 is 12.2 Å². The van der Waals surface area contributed by atoms with Gasteiger partial charge in [-0.05, 0) is 52.5 Å². The highest BCUT2D eigenvalue weighted by Gasteiger charge is 2.42. The van der Waals surface area contributed by atoms with E-state index in [1.54, 1.807) is 0 Å². The number of nitrogens with zero attached hydrogens (tertiary/aromatic N) is 1. The maximum Gasteiger partial charge on any atom is 0.407 e. The lowest BCUT2D eigenvalue weighted by Gasteiger charge is -2.36. The first-order valence-electron chi connectivity index (χ1n) is 12.7. The molecule has 0 heterocycles. The number of nitrogens with one attached hydrogen (secondary N) is 3. The summed E-state index contributed by atoms with van der Waals surface area (Å²) in [4.78, 5) is 50.4. The summed E-state index contributed by atoms with van der Waals surface area (Å²) in [6.07, 6.45) is -3.76. The second kappa shape index (κ2) is 16.9. The van der Waals surface area contributed by atoms with Crippen LogP contribution in [0.3, 0.4) is 0 Å². The molecule has 224 valence electrons. The standard InChI is InChI=1S/C26H32BrCl2N5O7/c1-14(2)9-18(23(31)35)34-24(36)16-11-20(39-19-4-3-15(13-30)10-17(19)27)22(41-26(38)33-8-6-29)21(12-16)40-25(37)32-7-5-28/h3-4,10-11,14,18,20-22H,5-9,12H2,1-2H3,(H2,31,35)(H,32,37)(H,33,38)(H,34,36)/t18-,20-,21-,22+/m1/s1. The second-order valence-corrected chi connectivity index (χ2v) is 10.9. The Bertz CT molecular complexity index is 1180. The monoisotopic (exact) mass is 675 g/mol. The molecule has 2 rings (SSSR count). The zero-order valence-electron chi connectivity index (χ0n) is 22.5. The third-order valence-corrected chi connectivity index (χ3v) is 6.68. The molecule has 0 saturated carbocycles. The Morgan fingerprint density at radius 3 is 2.29 bits per heavy atom. The van der Waals surface area contributed by atoms with E-state index in [-0.39, 0.29) is 48.5 Å². The van der Waals surface area contributed by atoms with Crippen LogP contribution in [0.1, 0.15) is 32.3 Å². The number of amides is 4. The number of rotatable bonds is 13. The third-order valence-electron chi connectivity index (χ3n) is 5.68. The number of hydrogen-bond donors (Lipinski definition) is 4. The molecule has 4 amide bonds. The molecule has 4 atom stereocenters. The predicted molar refractivity (Wildman–Crippen MR) is 155 cm³/mol. The van der Waals surface area contributed by atoms with Crippen molar-refractivity contribution in [1.29, 1.82) is 5.26 Å². The Kier molecular flexibility index (Phi) is 14.0.